The number of nitrogens with zero attached hydrogens (tertiary/aromatic N) is 3. The number of nitro benzene ring substituents is 1. The summed E-state index contributed by atoms with van der Waals surface area (Å²) in [5.41, 5.74) is 17.6. The zero-order valence-corrected chi connectivity index (χ0v) is 23.9. The molecule has 0 unspecified atom stereocenters. The Labute approximate surface area is 251 Å². The highest BCUT2D eigenvalue weighted by Crippen LogP contribution is 2.40. The molecule has 0 atom stereocenters. The van der Waals surface area contributed by atoms with Crippen LogP contribution in [0.1, 0.15) is 19.3 Å². The highest BCUT2D eigenvalue weighted by Gasteiger charge is 2.49. The van der Waals surface area contributed by atoms with E-state index in [1.54, 1.807) is 24.4 Å². The van der Waals surface area contributed by atoms with Crippen LogP contribution < -0.4 is 32.4 Å². The normalized spacial score (nSPS) is 11.5. The maximum absolute atomic E-state index is 12.3. The summed E-state index contributed by atoms with van der Waals surface area (Å²) in [6, 6.07) is 8.56. The highest BCUT2D eigenvalue weighted by atomic mass is 32.2. The van der Waals surface area contributed by atoms with Crippen LogP contribution in [0.5, 0.6) is 5.75 Å². The van der Waals surface area contributed by atoms with Crippen molar-refractivity contribution in [3.05, 3.63) is 68.7 Å². The first-order chi connectivity index (χ1) is 20.5. The van der Waals surface area contributed by atoms with Gasteiger partial charge in [-0.05, 0) is 18.2 Å². The molecular formula is C23H17F3N8O7S3. The number of carbonyl (C=O) groups is 2. The molecule has 9 N–H and O–H groups in total. The molecule has 44 heavy (non-hydrogen) atoms. The van der Waals surface area contributed by atoms with Crippen molar-refractivity contribution in [1.29, 1.82) is 0 Å². The van der Waals surface area contributed by atoms with Gasteiger partial charge in [0.2, 0.25) is 0 Å². The lowest BCUT2D eigenvalue weighted by Crippen LogP contribution is -2.28. The summed E-state index contributed by atoms with van der Waals surface area (Å²) >= 11 is 1.84. The number of fused-ring (bicyclic) bond motifs is 2. The summed E-state index contributed by atoms with van der Waals surface area (Å²) in [5.74, 6) is -2.20. The van der Waals surface area contributed by atoms with Crippen LogP contribution in [-0.4, -0.2) is 40.6 Å². The van der Waals surface area contributed by atoms with Crippen LogP contribution in [-0.2, 0) is 10.1 Å². The summed E-state index contributed by atoms with van der Waals surface area (Å²) in [7, 11) is -5.86. The number of nitrogen functional groups attached to an aromatic ring is 2. The monoisotopic (exact) mass is 670 g/mol. The zero-order chi connectivity index (χ0) is 32.6. The molecule has 5 aromatic rings. The lowest BCUT2D eigenvalue weighted by atomic mass is 10.2. The molecule has 0 saturated heterocycles. The zero-order valence-electron chi connectivity index (χ0n) is 21.5. The molecule has 5 rings (SSSR count). The van der Waals surface area contributed by atoms with Gasteiger partial charge in [-0.3, -0.25) is 19.7 Å². The molecule has 21 heteroatoms. The van der Waals surface area contributed by atoms with E-state index in [0.29, 0.717) is 32.9 Å². The Kier molecular flexibility index (Phi) is 8.47. The molecule has 0 bridgehead atoms. The van der Waals surface area contributed by atoms with E-state index in [1.807, 2.05) is 0 Å². The number of amides is 2. The van der Waals surface area contributed by atoms with Gasteiger partial charge in [-0.2, -0.15) is 21.6 Å². The van der Waals surface area contributed by atoms with Crippen LogP contribution in [0.2, 0.25) is 0 Å². The second-order valence-electron chi connectivity index (χ2n) is 8.36. The number of pyridine rings is 2. The third-order valence-corrected chi connectivity index (χ3v) is 8.73. The van der Waals surface area contributed by atoms with Gasteiger partial charge in [0.15, 0.2) is 5.75 Å². The molecule has 0 aliphatic rings. The van der Waals surface area contributed by atoms with E-state index < -0.39 is 38.1 Å². The number of halogens is 3. The molecule has 0 radical (unpaired) electrons. The molecule has 0 aliphatic heterocycles. The predicted octanol–water partition coefficient (Wildman–Crippen LogP) is 3.83. The van der Waals surface area contributed by atoms with Crippen molar-refractivity contribution < 1.29 is 40.3 Å². The smallest absolute Gasteiger partial charge is 0.397 e. The van der Waals surface area contributed by atoms with Crippen LogP contribution in [0.4, 0.5) is 41.6 Å². The molecule has 4 heterocycles. The van der Waals surface area contributed by atoms with Crippen molar-refractivity contribution in [3.63, 3.8) is 0 Å². The van der Waals surface area contributed by atoms with Crippen molar-refractivity contribution in [3.8, 4) is 5.75 Å². The second kappa shape index (κ2) is 11.8. The van der Waals surface area contributed by atoms with Gasteiger partial charge in [0.05, 0.1) is 32.8 Å². The topological polar surface area (TPSA) is 263 Å². The first-order valence-electron chi connectivity index (χ1n) is 11.5. The fourth-order valence-corrected chi connectivity index (χ4v) is 5.93. The third-order valence-electron chi connectivity index (χ3n) is 5.51. The van der Waals surface area contributed by atoms with Gasteiger partial charge in [-0.25, -0.2) is 9.97 Å². The Balaban J connectivity index is 0.000000202. The Bertz CT molecular complexity index is 2050. The number of benzene rings is 1. The maximum atomic E-state index is 12.3. The largest absolute Gasteiger partial charge is 0.534 e. The van der Waals surface area contributed by atoms with Gasteiger partial charge in [0, 0.05) is 36.3 Å². The van der Waals surface area contributed by atoms with E-state index in [9.17, 15) is 41.3 Å². The minimum atomic E-state index is -5.86. The molecule has 1 aromatic carbocycles. The first-order valence-corrected chi connectivity index (χ1v) is 14.5. The number of nitrogens with one attached hydrogen (secondary N) is 1. The average Bonchev–Trinajstić information content (AvgIpc) is 3.47. The summed E-state index contributed by atoms with van der Waals surface area (Å²) in [4.78, 5) is 41.4. The number of hydrogen-bond acceptors (Lipinski definition) is 14. The minimum absolute atomic E-state index is 0.00138. The molecule has 230 valence electrons. The number of non-ortho nitro benzene ring substituents is 1. The Morgan fingerprint density at radius 3 is 1.89 bits per heavy atom. The molecule has 0 spiro atoms. The SMILES string of the molecule is NC(=O)c1sc2nccc(Nc3ccc([N+](=O)[O-])cc3)c2c1N.NC(=O)c1sc2nccc(OS(=O)(=O)C(F)(F)F)c2c1N. The maximum Gasteiger partial charge on any atom is 0.534 e. The standard InChI is InChI=1S/C14H11N5O3S.C9H6F3N3O4S2/c15-11-10-9(5-6-17-14(10)23-12(11)13(16)20)18-7-1-3-8(4-2-7)19(21)22;10-9(11,12)21(17,18)19-3-1-2-15-8-4(3)5(13)6(20-8)7(14)16/h1-6H,15H2,(H2,16,20)(H,17,18);1-2H,13H2,(H2,14,16). The summed E-state index contributed by atoms with van der Waals surface area (Å²) < 4.78 is 63.0. The lowest BCUT2D eigenvalue weighted by Gasteiger charge is -2.10. The van der Waals surface area contributed by atoms with E-state index in [2.05, 4.69) is 19.5 Å². The van der Waals surface area contributed by atoms with Crippen LogP contribution in [0, 0.1) is 10.1 Å². The molecular weight excluding hydrogens is 653 g/mol. The van der Waals surface area contributed by atoms with Crippen LogP contribution in [0.3, 0.4) is 0 Å². The van der Waals surface area contributed by atoms with E-state index in [1.165, 1.54) is 12.1 Å². The van der Waals surface area contributed by atoms with Crippen molar-refractivity contribution in [2.24, 2.45) is 11.5 Å². The highest BCUT2D eigenvalue weighted by molar-refractivity contribution is 7.88. The van der Waals surface area contributed by atoms with Gasteiger partial charge in [0.1, 0.15) is 19.4 Å². The van der Waals surface area contributed by atoms with Gasteiger partial charge < -0.3 is 32.4 Å². The fourth-order valence-electron chi connectivity index (χ4n) is 3.59. The average molecular weight is 671 g/mol. The number of nitrogens with two attached hydrogens (primary N) is 4. The summed E-state index contributed by atoms with van der Waals surface area (Å²) in [6.07, 6.45) is 2.60. The molecule has 15 nitrogen and oxygen atoms in total. The number of rotatable bonds is 7. The van der Waals surface area contributed by atoms with Crippen molar-refractivity contribution in [2.45, 2.75) is 5.51 Å². The molecule has 2 amide bonds. The number of anilines is 4. The number of hydrogen-bond donors (Lipinski definition) is 5. The third kappa shape index (κ3) is 6.23. The summed E-state index contributed by atoms with van der Waals surface area (Å²) in [5, 5.41) is 14.2. The van der Waals surface area contributed by atoms with Gasteiger partial charge >= 0.3 is 15.6 Å². The Hall–Kier alpha value is -5.28. The molecule has 4 aromatic heterocycles. The van der Waals surface area contributed by atoms with Crippen molar-refractivity contribution in [2.75, 3.05) is 16.8 Å². The lowest BCUT2D eigenvalue weighted by molar-refractivity contribution is -0.384. The molecule has 0 saturated carbocycles. The number of alkyl halides is 3. The number of carbonyl (C=O) groups excluding carboxylic acids is 2. The van der Waals surface area contributed by atoms with Gasteiger partial charge in [-0.15, -0.1) is 22.7 Å². The Morgan fingerprint density at radius 2 is 1.39 bits per heavy atom. The van der Waals surface area contributed by atoms with E-state index in [-0.39, 0.29) is 37.0 Å². The van der Waals surface area contributed by atoms with E-state index >= 15 is 0 Å². The number of thiophene rings is 2. The minimum Gasteiger partial charge on any atom is -0.397 e. The summed E-state index contributed by atoms with van der Waals surface area (Å²) in [6.45, 7) is 0. The quantitative estimate of drug-likeness (QED) is 0.0716. The second-order valence-corrected chi connectivity index (χ2v) is 11.9. The number of primary amides is 2. The van der Waals surface area contributed by atoms with Crippen LogP contribution in [0.25, 0.3) is 20.4 Å². The van der Waals surface area contributed by atoms with Crippen LogP contribution in [0.15, 0.2) is 48.8 Å². The fraction of sp³-hybridized carbons (Fsp3) is 0.0435. The van der Waals surface area contributed by atoms with Gasteiger partial charge in [-0.1, -0.05) is 0 Å². The number of aromatic nitrogens is 2. The van der Waals surface area contributed by atoms with Crippen molar-refractivity contribution in [1.82, 2.24) is 9.97 Å². The van der Waals surface area contributed by atoms with Crippen molar-refractivity contribution >= 4 is 93.5 Å². The van der Waals surface area contributed by atoms with Crippen LogP contribution >= 0.6 is 22.7 Å². The first kappa shape index (κ1) is 31.7. The molecule has 0 fully saturated rings. The molecule has 0 aliphatic carbocycles. The van der Waals surface area contributed by atoms with E-state index in [4.69, 9.17) is 22.9 Å². The predicted molar refractivity (Wildman–Crippen MR) is 157 cm³/mol. The van der Waals surface area contributed by atoms with E-state index in [0.717, 1.165) is 23.6 Å². The van der Waals surface area contributed by atoms with Gasteiger partial charge in [0.25, 0.3) is 17.5 Å². The Morgan fingerprint density at radius 1 is 0.886 bits per heavy atom. The number of nitro groups is 1.